The molecule has 2 aliphatic heterocycles. The lowest BCUT2D eigenvalue weighted by Crippen LogP contribution is -2.28. The molecule has 5 rings (SSSR count). The van der Waals surface area contributed by atoms with Gasteiger partial charge >= 0.3 is 6.18 Å². The van der Waals surface area contributed by atoms with Crippen molar-refractivity contribution in [3.05, 3.63) is 76.3 Å². The van der Waals surface area contributed by atoms with Gasteiger partial charge in [-0.3, -0.25) is 0 Å². The number of benzene rings is 1. The van der Waals surface area contributed by atoms with Crippen LogP contribution in [0.1, 0.15) is 49.8 Å². The van der Waals surface area contributed by atoms with E-state index in [4.69, 9.17) is 0 Å². The summed E-state index contributed by atoms with van der Waals surface area (Å²) in [5, 5.41) is 10.3. The quantitative estimate of drug-likeness (QED) is 0.553. The fraction of sp³-hybridized carbons (Fsp3) is 0.385. The number of dihydropyridines is 1. The van der Waals surface area contributed by atoms with Crippen LogP contribution in [0.15, 0.2) is 65.0 Å². The van der Waals surface area contributed by atoms with Gasteiger partial charge in [0.25, 0.3) is 0 Å². The van der Waals surface area contributed by atoms with Crippen molar-refractivity contribution in [1.82, 2.24) is 20.6 Å². The van der Waals surface area contributed by atoms with Crippen molar-refractivity contribution >= 4 is 5.82 Å². The second-order valence-corrected chi connectivity index (χ2v) is 9.04. The summed E-state index contributed by atoms with van der Waals surface area (Å²) in [4.78, 5) is 9.27. The van der Waals surface area contributed by atoms with Crippen molar-refractivity contribution in [2.45, 2.75) is 44.7 Å². The number of hydrogen-bond donors (Lipinski definition) is 3. The second kappa shape index (κ2) is 9.25. The molecule has 0 saturated carbocycles. The van der Waals surface area contributed by atoms with Gasteiger partial charge in [0.05, 0.1) is 5.56 Å². The van der Waals surface area contributed by atoms with Gasteiger partial charge in [-0.1, -0.05) is 24.3 Å². The molecule has 1 aliphatic carbocycles. The van der Waals surface area contributed by atoms with Crippen LogP contribution in [0.4, 0.5) is 19.0 Å². The second-order valence-electron chi connectivity index (χ2n) is 9.04. The summed E-state index contributed by atoms with van der Waals surface area (Å²) in [6, 6.07) is 7.46. The zero-order valence-electron chi connectivity index (χ0n) is 19.1. The van der Waals surface area contributed by atoms with E-state index in [0.29, 0.717) is 12.4 Å². The number of allylic oxidation sites excluding steroid dienone is 3. The van der Waals surface area contributed by atoms with E-state index in [0.717, 1.165) is 67.5 Å². The SMILES string of the molecule is CC1=C(Nc2cc(C3CCNCC3)nc(-c3ccccc3C(F)(F)F)n2)C2=C(C=CCC2)NC1. The lowest BCUT2D eigenvalue weighted by molar-refractivity contribution is -0.137. The van der Waals surface area contributed by atoms with Gasteiger partial charge in [-0.25, -0.2) is 9.97 Å². The highest BCUT2D eigenvalue weighted by Crippen LogP contribution is 2.38. The highest BCUT2D eigenvalue weighted by Gasteiger charge is 2.34. The minimum atomic E-state index is -4.49. The van der Waals surface area contributed by atoms with Crippen molar-refractivity contribution in [1.29, 1.82) is 0 Å². The van der Waals surface area contributed by atoms with Crippen LogP contribution in [0.25, 0.3) is 11.4 Å². The van der Waals surface area contributed by atoms with E-state index in [-0.39, 0.29) is 17.3 Å². The number of rotatable bonds is 4. The molecule has 3 N–H and O–H groups in total. The van der Waals surface area contributed by atoms with Crippen LogP contribution in [0.3, 0.4) is 0 Å². The van der Waals surface area contributed by atoms with Crippen LogP contribution in [-0.2, 0) is 6.18 Å². The molecule has 0 amide bonds. The summed E-state index contributed by atoms with van der Waals surface area (Å²) in [6.07, 6.45) is 3.39. The number of piperidine rings is 1. The molecule has 1 saturated heterocycles. The van der Waals surface area contributed by atoms with Gasteiger partial charge < -0.3 is 16.0 Å². The van der Waals surface area contributed by atoms with Crippen molar-refractivity contribution in [2.75, 3.05) is 25.0 Å². The molecular formula is C26H28F3N5. The molecule has 178 valence electrons. The molecule has 1 aromatic carbocycles. The molecule has 34 heavy (non-hydrogen) atoms. The molecule has 0 radical (unpaired) electrons. The van der Waals surface area contributed by atoms with E-state index >= 15 is 0 Å². The van der Waals surface area contributed by atoms with Gasteiger partial charge in [-0.15, -0.1) is 0 Å². The third-order valence-electron chi connectivity index (χ3n) is 6.67. The highest BCUT2D eigenvalue weighted by atomic mass is 19.4. The molecule has 1 fully saturated rings. The van der Waals surface area contributed by atoms with Crippen LogP contribution in [-0.4, -0.2) is 29.6 Å². The average Bonchev–Trinajstić information content (AvgIpc) is 2.86. The van der Waals surface area contributed by atoms with Crippen LogP contribution >= 0.6 is 0 Å². The number of nitrogens with zero attached hydrogens (tertiary/aromatic N) is 2. The summed E-state index contributed by atoms with van der Waals surface area (Å²) in [6.45, 7) is 4.50. The molecule has 1 aromatic heterocycles. The van der Waals surface area contributed by atoms with Crippen LogP contribution in [0.2, 0.25) is 0 Å². The van der Waals surface area contributed by atoms with E-state index < -0.39 is 11.7 Å². The topological polar surface area (TPSA) is 61.9 Å². The molecule has 0 spiro atoms. The molecule has 0 unspecified atom stereocenters. The number of nitrogens with one attached hydrogen (secondary N) is 3. The molecule has 8 heteroatoms. The van der Waals surface area contributed by atoms with E-state index in [2.05, 4.69) is 45.0 Å². The van der Waals surface area contributed by atoms with Crippen LogP contribution < -0.4 is 16.0 Å². The van der Waals surface area contributed by atoms with Gasteiger partial charge in [0.1, 0.15) is 5.82 Å². The standard InChI is InChI=1S/C26H28F3N5/c1-16-15-31-21-9-5-3-7-19(21)24(16)33-23-14-22(17-10-12-30-13-11-17)32-25(34-23)18-6-2-4-8-20(18)26(27,28)29/h2,4-6,8-9,14,17,30-31H,3,7,10-13,15H2,1H3,(H,32,33,34). The summed E-state index contributed by atoms with van der Waals surface area (Å²) >= 11 is 0. The lowest BCUT2D eigenvalue weighted by Gasteiger charge is -2.28. The van der Waals surface area contributed by atoms with Crippen molar-refractivity contribution in [2.24, 2.45) is 0 Å². The minimum absolute atomic E-state index is 0.00495. The van der Waals surface area contributed by atoms with E-state index in [1.807, 2.05) is 6.07 Å². The number of anilines is 1. The number of alkyl halides is 3. The fourth-order valence-electron chi connectivity index (χ4n) is 4.88. The van der Waals surface area contributed by atoms with Gasteiger partial charge in [-0.2, -0.15) is 13.2 Å². The predicted octanol–water partition coefficient (Wildman–Crippen LogP) is 5.52. The molecule has 3 aliphatic rings. The first-order chi connectivity index (χ1) is 16.4. The number of aromatic nitrogens is 2. The largest absolute Gasteiger partial charge is 0.417 e. The van der Waals surface area contributed by atoms with E-state index in [9.17, 15) is 13.2 Å². The fourth-order valence-corrected chi connectivity index (χ4v) is 4.88. The predicted molar refractivity (Wildman–Crippen MR) is 127 cm³/mol. The maximum atomic E-state index is 13.8. The Kier molecular flexibility index (Phi) is 6.16. The molecule has 5 nitrogen and oxygen atoms in total. The molecule has 3 heterocycles. The lowest BCUT2D eigenvalue weighted by atomic mass is 9.93. The van der Waals surface area contributed by atoms with E-state index in [1.165, 1.54) is 17.7 Å². The zero-order valence-corrected chi connectivity index (χ0v) is 19.1. The Hall–Kier alpha value is -3.13. The van der Waals surface area contributed by atoms with Gasteiger partial charge in [0.2, 0.25) is 0 Å². The van der Waals surface area contributed by atoms with Gasteiger partial charge in [0.15, 0.2) is 5.82 Å². The van der Waals surface area contributed by atoms with E-state index in [1.54, 1.807) is 6.07 Å². The first-order valence-corrected chi connectivity index (χ1v) is 11.8. The van der Waals surface area contributed by atoms with Crippen molar-refractivity contribution in [3.8, 4) is 11.4 Å². The normalized spacial score (nSPS) is 19.2. The van der Waals surface area contributed by atoms with Crippen molar-refractivity contribution < 1.29 is 13.2 Å². The van der Waals surface area contributed by atoms with Crippen molar-refractivity contribution in [3.63, 3.8) is 0 Å². The smallest absolute Gasteiger partial charge is 0.381 e. The van der Waals surface area contributed by atoms with Crippen LogP contribution in [0.5, 0.6) is 0 Å². The third kappa shape index (κ3) is 4.59. The first-order valence-electron chi connectivity index (χ1n) is 11.8. The van der Waals surface area contributed by atoms with Gasteiger partial charge in [0, 0.05) is 41.2 Å². The summed E-state index contributed by atoms with van der Waals surface area (Å²) in [5.41, 5.74) is 4.50. The zero-order chi connectivity index (χ0) is 23.7. The molecule has 2 aromatic rings. The summed E-state index contributed by atoms with van der Waals surface area (Å²) in [5.74, 6) is 0.821. The van der Waals surface area contributed by atoms with Gasteiger partial charge in [-0.05, 0) is 69.0 Å². The Morgan fingerprint density at radius 1 is 1.09 bits per heavy atom. The number of hydrogen-bond acceptors (Lipinski definition) is 5. The molecule has 0 atom stereocenters. The summed E-state index contributed by atoms with van der Waals surface area (Å²) < 4.78 is 41.4. The maximum absolute atomic E-state index is 13.8. The first kappa shape index (κ1) is 22.7. The van der Waals surface area contributed by atoms with Crippen LogP contribution in [0, 0.1) is 0 Å². The monoisotopic (exact) mass is 467 g/mol. The Morgan fingerprint density at radius 2 is 1.88 bits per heavy atom. The number of halogens is 3. The maximum Gasteiger partial charge on any atom is 0.417 e. The Morgan fingerprint density at radius 3 is 2.68 bits per heavy atom. The third-order valence-corrected chi connectivity index (χ3v) is 6.67. The molecular weight excluding hydrogens is 439 g/mol. The Labute approximate surface area is 197 Å². The summed E-state index contributed by atoms with van der Waals surface area (Å²) in [7, 11) is 0. The molecule has 0 bridgehead atoms. The minimum Gasteiger partial charge on any atom is -0.381 e. The Balaban J connectivity index is 1.60. The average molecular weight is 468 g/mol. The highest BCUT2D eigenvalue weighted by molar-refractivity contribution is 5.65. The Bertz CT molecular complexity index is 1170.